The number of rotatable bonds is 4. The first-order valence-electron chi connectivity index (χ1n) is 8.23. The van der Waals surface area contributed by atoms with E-state index in [4.69, 9.17) is 10.3 Å². The number of halogens is 1. The summed E-state index contributed by atoms with van der Waals surface area (Å²) >= 11 is 0. The lowest BCUT2D eigenvalue weighted by atomic mass is 9.77. The molecule has 0 bridgehead atoms. The van der Waals surface area contributed by atoms with Crippen LogP contribution in [-0.2, 0) is 15.6 Å². The maximum atomic E-state index is 12.5. The number of sulfonamides is 1. The van der Waals surface area contributed by atoms with Crippen LogP contribution in [0.2, 0.25) is 0 Å². The Morgan fingerprint density at radius 2 is 1.72 bits per heavy atom. The lowest BCUT2D eigenvalue weighted by Gasteiger charge is -2.34. The quantitative estimate of drug-likeness (QED) is 0.867. The zero-order chi connectivity index (χ0) is 16.8. The van der Waals surface area contributed by atoms with Gasteiger partial charge >= 0.3 is 0 Å². The fourth-order valence-electron chi connectivity index (χ4n) is 3.17. The Hall–Kier alpha value is -1.48. The summed E-state index contributed by atoms with van der Waals surface area (Å²) in [6.45, 7) is 1.19. The van der Waals surface area contributed by atoms with E-state index in [0.717, 1.165) is 32.1 Å². The van der Waals surface area contributed by atoms with Gasteiger partial charge in [-0.05, 0) is 56.4 Å². The van der Waals surface area contributed by atoms with Crippen LogP contribution in [0, 0.1) is 0 Å². The van der Waals surface area contributed by atoms with Gasteiger partial charge in [-0.2, -0.15) is 9.29 Å². The summed E-state index contributed by atoms with van der Waals surface area (Å²) < 4.78 is 31.9. The van der Waals surface area contributed by atoms with Crippen molar-refractivity contribution in [3.05, 3.63) is 30.1 Å². The van der Waals surface area contributed by atoms with Crippen LogP contribution in [-0.4, -0.2) is 36.0 Å². The van der Waals surface area contributed by atoms with Crippen LogP contribution >= 0.6 is 12.4 Å². The summed E-state index contributed by atoms with van der Waals surface area (Å²) in [5, 5.41) is 3.98. The maximum absolute atomic E-state index is 12.5. The molecule has 0 atom stereocenters. The Balaban J connectivity index is 0.00000182. The summed E-state index contributed by atoms with van der Waals surface area (Å²) in [4.78, 5) is 4.67. The van der Waals surface area contributed by atoms with Crippen molar-refractivity contribution in [2.75, 3.05) is 13.1 Å². The fraction of sp³-hybridized carbons (Fsp3) is 0.500. The number of hydrogen-bond donors (Lipinski definition) is 1. The topological polar surface area (TPSA) is 102 Å². The standard InChI is InChI=1S/C16H20N4O3S.ClH/c17-16(8-3-9-16)15-18-14(23-19-15)12-4-6-13(7-5-12)24(21,22)20-10-1-2-11-20;/h4-7H,1-3,8-11,17H2;1H. The average molecular weight is 385 g/mol. The summed E-state index contributed by atoms with van der Waals surface area (Å²) in [7, 11) is -3.40. The van der Waals surface area contributed by atoms with Gasteiger partial charge in [0.1, 0.15) is 0 Å². The first-order valence-corrected chi connectivity index (χ1v) is 9.67. The highest BCUT2D eigenvalue weighted by atomic mass is 35.5. The third kappa shape index (κ3) is 3.19. The van der Waals surface area contributed by atoms with Crippen LogP contribution in [0.4, 0.5) is 0 Å². The molecule has 1 aromatic heterocycles. The van der Waals surface area contributed by atoms with Crippen molar-refractivity contribution in [1.29, 1.82) is 0 Å². The van der Waals surface area contributed by atoms with Crippen LogP contribution in [0.5, 0.6) is 0 Å². The second-order valence-corrected chi connectivity index (χ2v) is 8.51. The van der Waals surface area contributed by atoms with Gasteiger partial charge in [0.05, 0.1) is 10.4 Å². The predicted molar refractivity (Wildman–Crippen MR) is 94.7 cm³/mol. The van der Waals surface area contributed by atoms with Crippen molar-refractivity contribution in [3.63, 3.8) is 0 Å². The molecule has 1 aliphatic heterocycles. The van der Waals surface area contributed by atoms with Crippen LogP contribution < -0.4 is 5.73 Å². The molecule has 25 heavy (non-hydrogen) atoms. The van der Waals surface area contributed by atoms with E-state index in [1.54, 1.807) is 24.3 Å². The van der Waals surface area contributed by atoms with Gasteiger partial charge in [0.2, 0.25) is 10.0 Å². The molecule has 2 fully saturated rings. The minimum absolute atomic E-state index is 0. The van der Waals surface area contributed by atoms with Crippen LogP contribution in [0.15, 0.2) is 33.7 Å². The van der Waals surface area contributed by atoms with Crippen molar-refractivity contribution >= 4 is 22.4 Å². The number of nitrogens with zero attached hydrogens (tertiary/aromatic N) is 3. The van der Waals surface area contributed by atoms with E-state index in [1.165, 1.54) is 4.31 Å². The van der Waals surface area contributed by atoms with Crippen molar-refractivity contribution < 1.29 is 12.9 Å². The highest BCUT2D eigenvalue weighted by Crippen LogP contribution is 2.37. The Morgan fingerprint density at radius 3 is 2.28 bits per heavy atom. The molecule has 2 aromatic rings. The lowest BCUT2D eigenvalue weighted by molar-refractivity contribution is 0.229. The Morgan fingerprint density at radius 1 is 1.08 bits per heavy atom. The third-order valence-electron chi connectivity index (χ3n) is 4.92. The van der Waals surface area contributed by atoms with Gasteiger partial charge in [0.25, 0.3) is 5.89 Å². The average Bonchev–Trinajstić information content (AvgIpc) is 3.24. The van der Waals surface area contributed by atoms with Crippen molar-refractivity contribution in [2.24, 2.45) is 5.73 Å². The summed E-state index contributed by atoms with van der Waals surface area (Å²) in [5.41, 5.74) is 6.42. The molecule has 1 saturated heterocycles. The maximum Gasteiger partial charge on any atom is 0.257 e. The Kier molecular flexibility index (Phi) is 4.89. The highest BCUT2D eigenvalue weighted by molar-refractivity contribution is 7.89. The number of nitrogens with two attached hydrogens (primary N) is 1. The van der Waals surface area contributed by atoms with Gasteiger partial charge in [-0.15, -0.1) is 12.4 Å². The van der Waals surface area contributed by atoms with E-state index < -0.39 is 15.6 Å². The summed E-state index contributed by atoms with van der Waals surface area (Å²) in [6, 6.07) is 6.58. The van der Waals surface area contributed by atoms with Crippen LogP contribution in [0.1, 0.15) is 37.9 Å². The zero-order valence-corrected chi connectivity index (χ0v) is 15.4. The predicted octanol–water partition coefficient (Wildman–Crippen LogP) is 2.28. The molecule has 136 valence electrons. The van der Waals surface area contributed by atoms with E-state index in [2.05, 4.69) is 10.1 Å². The van der Waals surface area contributed by atoms with Crippen LogP contribution in [0.25, 0.3) is 11.5 Å². The molecule has 7 nitrogen and oxygen atoms in total. The largest absolute Gasteiger partial charge is 0.334 e. The SMILES string of the molecule is Cl.NC1(c2noc(-c3ccc(S(=O)(=O)N4CCCC4)cc3)n2)CCC1. The molecule has 0 unspecified atom stereocenters. The molecule has 2 N–H and O–H groups in total. The molecule has 0 amide bonds. The van der Waals surface area contributed by atoms with Gasteiger partial charge < -0.3 is 10.3 Å². The highest BCUT2D eigenvalue weighted by Gasteiger charge is 2.39. The van der Waals surface area contributed by atoms with E-state index in [9.17, 15) is 8.42 Å². The monoisotopic (exact) mass is 384 g/mol. The number of hydrogen-bond acceptors (Lipinski definition) is 6. The molecular weight excluding hydrogens is 364 g/mol. The van der Waals surface area contributed by atoms with Crippen molar-refractivity contribution in [2.45, 2.75) is 42.5 Å². The molecule has 2 aliphatic rings. The van der Waals surface area contributed by atoms with Crippen LogP contribution in [0.3, 0.4) is 0 Å². The third-order valence-corrected chi connectivity index (χ3v) is 6.83. The number of aromatic nitrogens is 2. The van der Waals surface area contributed by atoms with Crippen molar-refractivity contribution in [3.8, 4) is 11.5 Å². The minimum Gasteiger partial charge on any atom is -0.334 e. The van der Waals surface area contributed by atoms with E-state index in [1.807, 2.05) is 0 Å². The van der Waals surface area contributed by atoms with Gasteiger partial charge in [-0.25, -0.2) is 8.42 Å². The lowest BCUT2D eigenvalue weighted by Crippen LogP contribution is -2.44. The Labute approximate surface area is 153 Å². The van der Waals surface area contributed by atoms with Gasteiger partial charge in [-0.3, -0.25) is 0 Å². The molecule has 0 radical (unpaired) electrons. The molecule has 2 heterocycles. The Bertz CT molecular complexity index is 841. The second-order valence-electron chi connectivity index (χ2n) is 6.57. The van der Waals surface area contributed by atoms with Gasteiger partial charge in [0, 0.05) is 18.7 Å². The molecular formula is C16H21ClN4O3S. The zero-order valence-electron chi connectivity index (χ0n) is 13.7. The van der Waals surface area contributed by atoms with Gasteiger partial charge in [-0.1, -0.05) is 5.16 Å². The first-order chi connectivity index (χ1) is 11.5. The molecule has 0 spiro atoms. The van der Waals surface area contributed by atoms with Crippen molar-refractivity contribution in [1.82, 2.24) is 14.4 Å². The molecule has 1 aromatic carbocycles. The van der Waals surface area contributed by atoms with E-state index in [-0.39, 0.29) is 12.4 Å². The van der Waals surface area contributed by atoms with E-state index >= 15 is 0 Å². The van der Waals surface area contributed by atoms with Gasteiger partial charge in [0.15, 0.2) is 5.82 Å². The molecule has 1 aliphatic carbocycles. The fourth-order valence-corrected chi connectivity index (χ4v) is 4.69. The molecule has 4 rings (SSSR count). The van der Waals surface area contributed by atoms with E-state index in [0.29, 0.717) is 35.3 Å². The summed E-state index contributed by atoms with van der Waals surface area (Å²) in [6.07, 6.45) is 4.63. The smallest absolute Gasteiger partial charge is 0.257 e. The number of benzene rings is 1. The molecule has 1 saturated carbocycles. The first kappa shape index (κ1) is 18.3. The summed E-state index contributed by atoms with van der Waals surface area (Å²) in [5.74, 6) is 0.893. The second kappa shape index (κ2) is 6.68. The normalized spacial score (nSPS) is 20.0. The molecule has 9 heteroatoms. The minimum atomic E-state index is -3.40.